The fourth-order valence-corrected chi connectivity index (χ4v) is 1.49. The maximum Gasteiger partial charge on any atom is 0.422 e. The van der Waals surface area contributed by atoms with E-state index in [1.165, 1.54) is 0 Å². The Morgan fingerprint density at radius 1 is 1.54 bits per heavy atom. The minimum atomic E-state index is -4.73. The van der Waals surface area contributed by atoms with E-state index >= 15 is 0 Å². The summed E-state index contributed by atoms with van der Waals surface area (Å²) in [6.07, 6.45) is -3.64. The van der Waals surface area contributed by atoms with Crippen molar-refractivity contribution in [3.05, 3.63) is 10.7 Å². The highest BCUT2D eigenvalue weighted by molar-refractivity contribution is 14.1. The first-order chi connectivity index (χ1) is 5.84. The minimum absolute atomic E-state index is 0.787. The molecule has 0 spiro atoms. The third-order valence-electron chi connectivity index (χ3n) is 1.31. The average molecular weight is 323 g/mol. The topological polar surface area (TPSA) is 29.4 Å². The highest BCUT2D eigenvalue weighted by Crippen LogP contribution is 2.34. The lowest BCUT2D eigenvalue weighted by molar-refractivity contribution is -0.127. The van der Waals surface area contributed by atoms with Crippen molar-refractivity contribution >= 4 is 46.2 Å². The van der Waals surface area contributed by atoms with Gasteiger partial charge >= 0.3 is 6.18 Å². The van der Waals surface area contributed by atoms with Crippen molar-refractivity contribution in [1.82, 2.24) is 0 Å². The van der Waals surface area contributed by atoms with E-state index in [9.17, 15) is 18.0 Å². The Bertz CT molecular complexity index is 309. The summed E-state index contributed by atoms with van der Waals surface area (Å²) in [6, 6.07) is 0. The van der Waals surface area contributed by atoms with Crippen molar-refractivity contribution in [2.24, 2.45) is 4.99 Å². The predicted molar refractivity (Wildman–Crippen MR) is 50.2 cm³/mol. The van der Waals surface area contributed by atoms with E-state index < -0.39 is 26.6 Å². The van der Waals surface area contributed by atoms with Crippen LogP contribution in [0.3, 0.4) is 0 Å². The number of ketones is 1. The first-order valence-corrected chi connectivity index (χ1v) is 4.66. The van der Waals surface area contributed by atoms with Crippen molar-refractivity contribution < 1.29 is 18.0 Å². The van der Waals surface area contributed by atoms with Crippen LogP contribution in [0, 0.1) is 0 Å². The summed E-state index contributed by atoms with van der Waals surface area (Å²) in [6.45, 7) is 0. The summed E-state index contributed by atoms with van der Waals surface area (Å²) in [5.74, 6) is -1.05. The van der Waals surface area contributed by atoms with Crippen LogP contribution in [0.1, 0.15) is 0 Å². The number of allylic oxidation sites excluding steroid dienone is 1. The standard InChI is InChI=1S/C6H2ClF3INO/c7-5-3(6(8,9)10)4(13)2(11)1-12-5/h1-2H/t2-/m1/s1. The summed E-state index contributed by atoms with van der Waals surface area (Å²) in [4.78, 5) is 14.3. The molecule has 0 radical (unpaired) electrons. The number of hydrogen-bond donors (Lipinski definition) is 0. The Morgan fingerprint density at radius 2 is 2.08 bits per heavy atom. The van der Waals surface area contributed by atoms with E-state index in [1.54, 1.807) is 22.6 Å². The predicted octanol–water partition coefficient (Wildman–Crippen LogP) is 2.46. The number of halogens is 5. The van der Waals surface area contributed by atoms with Gasteiger partial charge in [-0.1, -0.05) is 34.2 Å². The van der Waals surface area contributed by atoms with Crippen molar-refractivity contribution in [2.75, 3.05) is 0 Å². The first-order valence-electron chi connectivity index (χ1n) is 3.03. The number of alkyl halides is 4. The van der Waals surface area contributed by atoms with Crippen molar-refractivity contribution in [2.45, 2.75) is 10.1 Å². The smallest absolute Gasteiger partial charge is 0.292 e. The van der Waals surface area contributed by atoms with Gasteiger partial charge in [-0.25, -0.2) is 4.99 Å². The molecule has 0 aromatic heterocycles. The second-order valence-electron chi connectivity index (χ2n) is 2.21. The van der Waals surface area contributed by atoms with Gasteiger partial charge in [-0.05, 0) is 0 Å². The maximum absolute atomic E-state index is 12.2. The molecular weight excluding hydrogens is 321 g/mol. The minimum Gasteiger partial charge on any atom is -0.292 e. The van der Waals surface area contributed by atoms with Gasteiger partial charge in [-0.15, -0.1) is 0 Å². The first kappa shape index (κ1) is 11.0. The van der Waals surface area contributed by atoms with Gasteiger partial charge in [0.2, 0.25) is 0 Å². The van der Waals surface area contributed by atoms with Gasteiger partial charge in [0.1, 0.15) is 14.7 Å². The average Bonchev–Trinajstić information content (AvgIpc) is 1.95. The number of carbonyl (C=O) groups excluding carboxylic acids is 1. The van der Waals surface area contributed by atoms with E-state index in [0.717, 1.165) is 6.21 Å². The second-order valence-corrected chi connectivity index (χ2v) is 3.91. The molecule has 0 aromatic rings. The molecule has 0 amide bonds. The highest BCUT2D eigenvalue weighted by Gasteiger charge is 2.44. The van der Waals surface area contributed by atoms with E-state index in [1.807, 2.05) is 0 Å². The lowest BCUT2D eigenvalue weighted by Gasteiger charge is -2.15. The molecule has 1 rings (SSSR count). The normalized spacial score (nSPS) is 24.1. The van der Waals surface area contributed by atoms with E-state index in [2.05, 4.69) is 4.99 Å². The molecule has 0 fully saturated rings. The number of rotatable bonds is 0. The van der Waals surface area contributed by atoms with Gasteiger partial charge in [0, 0.05) is 6.21 Å². The fraction of sp³-hybridized carbons (Fsp3) is 0.333. The molecule has 1 atom stereocenters. The molecule has 0 unspecified atom stereocenters. The Hall–Kier alpha value is -0.110. The van der Waals surface area contributed by atoms with Gasteiger partial charge in [-0.2, -0.15) is 13.2 Å². The van der Waals surface area contributed by atoms with Crippen LogP contribution in [0.4, 0.5) is 13.2 Å². The molecule has 0 bridgehead atoms. The zero-order valence-electron chi connectivity index (χ0n) is 5.90. The van der Waals surface area contributed by atoms with Crippen molar-refractivity contribution in [3.8, 4) is 0 Å². The third-order valence-corrected chi connectivity index (χ3v) is 2.48. The molecule has 0 N–H and O–H groups in total. The summed E-state index contributed by atoms with van der Waals surface area (Å²) < 4.78 is 35.6. The lowest BCUT2D eigenvalue weighted by Crippen LogP contribution is -2.30. The number of nitrogens with zero attached hydrogens (tertiary/aromatic N) is 1. The highest BCUT2D eigenvalue weighted by atomic mass is 127. The molecule has 0 saturated heterocycles. The largest absolute Gasteiger partial charge is 0.422 e. The molecule has 1 aliphatic heterocycles. The van der Waals surface area contributed by atoms with Gasteiger partial charge in [0.15, 0.2) is 5.78 Å². The zero-order valence-corrected chi connectivity index (χ0v) is 8.81. The van der Waals surface area contributed by atoms with Crippen molar-refractivity contribution in [3.63, 3.8) is 0 Å². The van der Waals surface area contributed by atoms with Crippen molar-refractivity contribution in [1.29, 1.82) is 0 Å². The molecule has 72 valence electrons. The second kappa shape index (κ2) is 3.56. The molecule has 7 heteroatoms. The Morgan fingerprint density at radius 3 is 2.46 bits per heavy atom. The van der Waals surface area contributed by atoms with E-state index in [4.69, 9.17) is 11.6 Å². The number of carbonyl (C=O) groups is 1. The summed E-state index contributed by atoms with van der Waals surface area (Å²) >= 11 is 6.72. The molecule has 13 heavy (non-hydrogen) atoms. The molecule has 0 saturated carbocycles. The Balaban J connectivity index is 3.18. The molecule has 0 aromatic carbocycles. The molecule has 0 aliphatic carbocycles. The van der Waals surface area contributed by atoms with Crippen LogP contribution in [0.2, 0.25) is 0 Å². The SMILES string of the molecule is O=C1C(C(F)(F)F)=C(Cl)N=C[C@H]1I. The number of aliphatic imine (C=N–C) groups is 1. The molecule has 1 heterocycles. The third kappa shape index (κ3) is 2.22. The Labute approximate surface area is 90.0 Å². The van der Waals surface area contributed by atoms with Gasteiger partial charge in [0.25, 0.3) is 0 Å². The van der Waals surface area contributed by atoms with Gasteiger partial charge in [0.05, 0.1) is 0 Å². The fourth-order valence-electron chi connectivity index (χ4n) is 0.759. The summed E-state index contributed by atoms with van der Waals surface area (Å²) in [5.41, 5.74) is -1.36. The number of hydrogen-bond acceptors (Lipinski definition) is 2. The molecule has 1 aliphatic rings. The summed E-state index contributed by atoms with van der Waals surface area (Å²) in [5, 5.41) is -0.787. The van der Waals surface area contributed by atoms with Crippen LogP contribution in [-0.4, -0.2) is 22.1 Å². The van der Waals surface area contributed by atoms with E-state index in [-0.39, 0.29) is 0 Å². The summed E-state index contributed by atoms with van der Waals surface area (Å²) in [7, 11) is 0. The Kier molecular flexibility index (Phi) is 3.01. The maximum atomic E-state index is 12.2. The van der Waals surface area contributed by atoms with Gasteiger partial charge < -0.3 is 0 Å². The van der Waals surface area contributed by atoms with Crippen LogP contribution in [0.25, 0.3) is 0 Å². The number of Topliss-reactive ketones (excluding diaryl/α,β-unsaturated/α-hetero) is 1. The quantitative estimate of drug-likeness (QED) is 0.382. The van der Waals surface area contributed by atoms with Crippen LogP contribution in [0.15, 0.2) is 15.7 Å². The van der Waals surface area contributed by atoms with Crippen LogP contribution in [-0.2, 0) is 4.79 Å². The van der Waals surface area contributed by atoms with Gasteiger partial charge in [-0.3, -0.25) is 4.79 Å². The van der Waals surface area contributed by atoms with Crippen LogP contribution in [0.5, 0.6) is 0 Å². The zero-order chi connectivity index (χ0) is 10.2. The van der Waals surface area contributed by atoms with Crippen LogP contribution < -0.4 is 0 Å². The lowest BCUT2D eigenvalue weighted by atomic mass is 10.1. The van der Waals surface area contributed by atoms with Crippen LogP contribution >= 0.6 is 34.2 Å². The molecular formula is C6H2ClF3INO. The monoisotopic (exact) mass is 323 g/mol. The molecule has 2 nitrogen and oxygen atoms in total. The van der Waals surface area contributed by atoms with E-state index in [0.29, 0.717) is 0 Å².